The quantitative estimate of drug-likeness (QED) is 0.465. The van der Waals surface area contributed by atoms with Crippen LogP contribution in [0.4, 0.5) is 5.69 Å². The second-order valence-corrected chi connectivity index (χ2v) is 5.96. The van der Waals surface area contributed by atoms with E-state index in [0.717, 1.165) is 6.07 Å². The summed E-state index contributed by atoms with van der Waals surface area (Å²) in [5, 5.41) is 10.7. The van der Waals surface area contributed by atoms with Crippen LogP contribution < -0.4 is 0 Å². The van der Waals surface area contributed by atoms with E-state index in [0.29, 0.717) is 13.1 Å². The van der Waals surface area contributed by atoms with Crippen LogP contribution >= 0.6 is 11.6 Å². The molecule has 0 saturated carbocycles. The van der Waals surface area contributed by atoms with Crippen molar-refractivity contribution < 1.29 is 24.0 Å². The number of morpholine rings is 1. The van der Waals surface area contributed by atoms with Gasteiger partial charge in [-0.1, -0.05) is 11.6 Å². The summed E-state index contributed by atoms with van der Waals surface area (Å²) >= 11 is 5.69. The van der Waals surface area contributed by atoms with Crippen LogP contribution in [-0.2, 0) is 14.3 Å². The summed E-state index contributed by atoms with van der Waals surface area (Å²) in [7, 11) is 0. The van der Waals surface area contributed by atoms with Crippen LogP contribution in [0.3, 0.4) is 0 Å². The van der Waals surface area contributed by atoms with E-state index in [9.17, 15) is 19.7 Å². The summed E-state index contributed by atoms with van der Waals surface area (Å²) < 4.78 is 10.5. The molecule has 1 aromatic carbocycles. The molecule has 0 radical (unpaired) electrons. The van der Waals surface area contributed by atoms with E-state index in [1.165, 1.54) is 12.1 Å². The third-order valence-electron chi connectivity index (χ3n) is 3.48. The van der Waals surface area contributed by atoms with Crippen molar-refractivity contribution in [3.63, 3.8) is 0 Å². The molecule has 1 aromatic rings. The van der Waals surface area contributed by atoms with Crippen molar-refractivity contribution in [1.29, 1.82) is 0 Å². The molecule has 9 heteroatoms. The summed E-state index contributed by atoms with van der Waals surface area (Å²) in [6.45, 7) is 4.12. The molecule has 1 fully saturated rings. The second kappa shape index (κ2) is 7.59. The Morgan fingerprint density at radius 1 is 1.38 bits per heavy atom. The molecular weight excluding hydrogens is 340 g/mol. The lowest BCUT2D eigenvalue weighted by Gasteiger charge is -2.35. The van der Waals surface area contributed by atoms with Crippen molar-refractivity contribution in [2.24, 2.45) is 0 Å². The summed E-state index contributed by atoms with van der Waals surface area (Å²) in [5.74, 6) is -1.16. The predicted molar refractivity (Wildman–Crippen MR) is 85.0 cm³/mol. The lowest BCUT2D eigenvalue weighted by molar-refractivity contribution is -0.384. The number of nitro benzene ring substituents is 1. The summed E-state index contributed by atoms with van der Waals surface area (Å²) in [6.07, 6.45) is -0.181. The van der Waals surface area contributed by atoms with Crippen molar-refractivity contribution in [1.82, 2.24) is 4.90 Å². The van der Waals surface area contributed by atoms with Crippen LogP contribution in [0, 0.1) is 10.1 Å². The SMILES string of the molecule is C[C@@H]1CN(C(=O)COC(=O)c2ccc(Cl)c([N+](=O)[O-])c2)C[C@H](C)O1. The molecule has 0 N–H and O–H groups in total. The summed E-state index contributed by atoms with van der Waals surface area (Å²) in [5.41, 5.74) is -0.434. The van der Waals surface area contributed by atoms with Gasteiger partial charge in [-0.25, -0.2) is 4.79 Å². The molecule has 1 aliphatic heterocycles. The number of ether oxygens (including phenoxy) is 2. The van der Waals surface area contributed by atoms with Crippen molar-refractivity contribution in [3.8, 4) is 0 Å². The number of hydrogen-bond donors (Lipinski definition) is 0. The van der Waals surface area contributed by atoms with Crippen molar-refractivity contribution in [2.75, 3.05) is 19.7 Å². The van der Waals surface area contributed by atoms with Crippen LogP contribution in [0.1, 0.15) is 24.2 Å². The fourth-order valence-corrected chi connectivity index (χ4v) is 2.65. The third-order valence-corrected chi connectivity index (χ3v) is 3.80. The van der Waals surface area contributed by atoms with Crippen LogP contribution in [0.2, 0.25) is 5.02 Å². The maximum atomic E-state index is 12.1. The number of halogens is 1. The fourth-order valence-electron chi connectivity index (χ4n) is 2.46. The zero-order valence-corrected chi connectivity index (χ0v) is 14.0. The van der Waals surface area contributed by atoms with E-state index < -0.39 is 23.2 Å². The first kappa shape index (κ1) is 18.2. The molecule has 0 unspecified atom stereocenters. The molecule has 2 rings (SSSR count). The van der Waals surface area contributed by atoms with E-state index in [4.69, 9.17) is 21.1 Å². The minimum atomic E-state index is -0.822. The number of benzene rings is 1. The Labute approximate surface area is 143 Å². The van der Waals surface area contributed by atoms with E-state index >= 15 is 0 Å². The minimum Gasteiger partial charge on any atom is -0.452 e. The van der Waals surface area contributed by atoms with Gasteiger partial charge in [-0.3, -0.25) is 14.9 Å². The number of hydrogen-bond acceptors (Lipinski definition) is 6. The molecule has 0 aromatic heterocycles. The topological polar surface area (TPSA) is 99.0 Å². The highest BCUT2D eigenvalue weighted by Gasteiger charge is 2.26. The van der Waals surface area contributed by atoms with Crippen LogP contribution in [0.15, 0.2) is 18.2 Å². The van der Waals surface area contributed by atoms with Crippen molar-refractivity contribution in [3.05, 3.63) is 38.9 Å². The van der Waals surface area contributed by atoms with Gasteiger partial charge >= 0.3 is 5.97 Å². The molecule has 2 atom stereocenters. The van der Waals surface area contributed by atoms with E-state index in [2.05, 4.69) is 0 Å². The minimum absolute atomic E-state index is 0.0392. The van der Waals surface area contributed by atoms with E-state index in [1.54, 1.807) is 4.90 Å². The molecule has 24 heavy (non-hydrogen) atoms. The normalized spacial score (nSPS) is 20.5. The van der Waals surface area contributed by atoms with Gasteiger partial charge in [0.15, 0.2) is 6.61 Å². The number of rotatable bonds is 4. The fraction of sp³-hybridized carbons (Fsp3) is 0.467. The Kier molecular flexibility index (Phi) is 5.74. The van der Waals surface area contributed by atoms with Crippen LogP contribution in [0.25, 0.3) is 0 Å². The molecule has 0 bridgehead atoms. The summed E-state index contributed by atoms with van der Waals surface area (Å²) in [6, 6.07) is 3.57. The Balaban J connectivity index is 1.96. The van der Waals surface area contributed by atoms with Gasteiger partial charge in [0.25, 0.3) is 11.6 Å². The maximum Gasteiger partial charge on any atom is 0.338 e. The molecular formula is C15H17ClN2O6. The molecule has 1 saturated heterocycles. The lowest BCUT2D eigenvalue weighted by atomic mass is 10.2. The Morgan fingerprint density at radius 3 is 2.58 bits per heavy atom. The number of nitro groups is 1. The molecule has 1 amide bonds. The third kappa shape index (κ3) is 4.42. The number of esters is 1. The first-order valence-corrected chi connectivity index (χ1v) is 7.70. The average Bonchev–Trinajstić information content (AvgIpc) is 2.51. The largest absolute Gasteiger partial charge is 0.452 e. The Hall–Kier alpha value is -2.19. The van der Waals surface area contributed by atoms with Gasteiger partial charge in [-0.2, -0.15) is 0 Å². The first-order valence-electron chi connectivity index (χ1n) is 7.32. The number of carbonyl (C=O) groups is 2. The monoisotopic (exact) mass is 356 g/mol. The highest BCUT2D eigenvalue weighted by Crippen LogP contribution is 2.25. The molecule has 1 aliphatic rings. The standard InChI is InChI=1S/C15H17ClN2O6/c1-9-6-17(7-10(2)24-9)14(19)8-23-15(20)11-3-4-12(16)13(5-11)18(21)22/h3-5,9-10H,6-8H2,1-2H3/t9-,10+. The smallest absolute Gasteiger partial charge is 0.338 e. The zero-order valence-electron chi connectivity index (χ0n) is 13.2. The lowest BCUT2D eigenvalue weighted by Crippen LogP contribution is -2.49. The zero-order chi connectivity index (χ0) is 17.9. The second-order valence-electron chi connectivity index (χ2n) is 5.56. The molecule has 0 aliphatic carbocycles. The van der Waals surface area contributed by atoms with Gasteiger partial charge in [-0.15, -0.1) is 0 Å². The van der Waals surface area contributed by atoms with Gasteiger partial charge in [0.05, 0.1) is 22.7 Å². The number of carbonyl (C=O) groups excluding carboxylic acids is 2. The summed E-state index contributed by atoms with van der Waals surface area (Å²) in [4.78, 5) is 35.8. The van der Waals surface area contributed by atoms with Gasteiger partial charge in [-0.05, 0) is 26.0 Å². The molecule has 8 nitrogen and oxygen atoms in total. The van der Waals surface area contributed by atoms with E-state index in [-0.39, 0.29) is 28.7 Å². The van der Waals surface area contributed by atoms with Gasteiger partial charge in [0.2, 0.25) is 0 Å². The van der Waals surface area contributed by atoms with Gasteiger partial charge < -0.3 is 14.4 Å². The Bertz CT molecular complexity index is 655. The predicted octanol–water partition coefficient (Wildman–Crippen LogP) is 2.04. The molecule has 0 spiro atoms. The Morgan fingerprint density at radius 2 is 2.00 bits per heavy atom. The van der Waals surface area contributed by atoms with Crippen molar-refractivity contribution in [2.45, 2.75) is 26.1 Å². The highest BCUT2D eigenvalue weighted by atomic mass is 35.5. The van der Waals surface area contributed by atoms with Crippen LogP contribution in [0.5, 0.6) is 0 Å². The van der Waals surface area contributed by atoms with Crippen LogP contribution in [-0.4, -0.2) is 53.6 Å². The molecule has 1 heterocycles. The van der Waals surface area contributed by atoms with Gasteiger partial charge in [0.1, 0.15) is 5.02 Å². The highest BCUT2D eigenvalue weighted by molar-refractivity contribution is 6.32. The van der Waals surface area contributed by atoms with Crippen molar-refractivity contribution >= 4 is 29.2 Å². The van der Waals surface area contributed by atoms with E-state index in [1.807, 2.05) is 13.8 Å². The number of amides is 1. The maximum absolute atomic E-state index is 12.1. The average molecular weight is 357 g/mol. The molecule has 130 valence electrons. The van der Waals surface area contributed by atoms with Gasteiger partial charge in [0, 0.05) is 19.2 Å². The first-order chi connectivity index (χ1) is 11.3. The number of nitrogens with zero attached hydrogens (tertiary/aromatic N) is 2.